The zero-order valence-corrected chi connectivity index (χ0v) is 17.9. The molecule has 0 bridgehead atoms. The maximum absolute atomic E-state index is 13.8. The summed E-state index contributed by atoms with van der Waals surface area (Å²) < 4.78 is 6.72. The highest BCUT2D eigenvalue weighted by atomic mass is 32.2. The molecule has 0 radical (unpaired) electrons. The molecule has 5 rings (SSSR count). The Bertz CT molecular complexity index is 1330. The van der Waals surface area contributed by atoms with E-state index >= 15 is 0 Å². The first-order valence-corrected chi connectivity index (χ1v) is 11.4. The van der Waals surface area contributed by atoms with Crippen LogP contribution >= 0.6 is 23.1 Å². The van der Waals surface area contributed by atoms with Gasteiger partial charge in [0.15, 0.2) is 5.16 Å². The van der Waals surface area contributed by atoms with Gasteiger partial charge < -0.3 is 4.74 Å². The van der Waals surface area contributed by atoms with Gasteiger partial charge in [-0.15, -0.1) is 11.3 Å². The molecule has 0 N–H and O–H groups in total. The SMILES string of the molecule is CC(=O)OCCSc1nc2sc3c(c2c(=O)n1-c1ccccc1)-c1ccccc1C3. The second-order valence-corrected chi connectivity index (χ2v) is 9.12. The van der Waals surface area contributed by atoms with Gasteiger partial charge in [0.25, 0.3) is 5.56 Å². The molecular weight excluding hydrogens is 416 g/mol. The number of thioether (sulfide) groups is 1. The average Bonchev–Trinajstić information content (AvgIpc) is 3.27. The van der Waals surface area contributed by atoms with Gasteiger partial charge in [0.2, 0.25) is 0 Å². The van der Waals surface area contributed by atoms with Crippen LogP contribution in [-0.4, -0.2) is 27.9 Å². The summed E-state index contributed by atoms with van der Waals surface area (Å²) in [5.41, 5.74) is 4.14. The van der Waals surface area contributed by atoms with E-state index in [-0.39, 0.29) is 18.1 Å². The summed E-state index contributed by atoms with van der Waals surface area (Å²) in [6.45, 7) is 1.66. The van der Waals surface area contributed by atoms with E-state index in [1.165, 1.54) is 29.1 Å². The van der Waals surface area contributed by atoms with E-state index in [1.807, 2.05) is 42.5 Å². The van der Waals surface area contributed by atoms with Crippen molar-refractivity contribution in [1.29, 1.82) is 0 Å². The van der Waals surface area contributed by atoms with Crippen molar-refractivity contribution in [2.24, 2.45) is 0 Å². The highest BCUT2D eigenvalue weighted by Crippen LogP contribution is 2.45. The summed E-state index contributed by atoms with van der Waals surface area (Å²) in [4.78, 5) is 31.6. The van der Waals surface area contributed by atoms with Crippen molar-refractivity contribution in [2.45, 2.75) is 18.5 Å². The van der Waals surface area contributed by atoms with Gasteiger partial charge in [-0.2, -0.15) is 0 Å². The van der Waals surface area contributed by atoms with Crippen molar-refractivity contribution < 1.29 is 9.53 Å². The molecule has 4 aromatic rings. The number of nitrogens with zero attached hydrogens (tertiary/aromatic N) is 2. The third-order valence-corrected chi connectivity index (χ3v) is 7.03. The average molecular weight is 435 g/mol. The number of hydrogen-bond acceptors (Lipinski definition) is 6. The summed E-state index contributed by atoms with van der Waals surface area (Å²) in [5.74, 6) is 0.214. The predicted molar refractivity (Wildman–Crippen MR) is 121 cm³/mol. The summed E-state index contributed by atoms with van der Waals surface area (Å²) >= 11 is 3.02. The molecule has 2 aromatic heterocycles. The smallest absolute Gasteiger partial charge is 0.302 e. The Hall–Kier alpha value is -2.90. The van der Waals surface area contributed by atoms with Crippen molar-refractivity contribution in [3.05, 3.63) is 75.4 Å². The van der Waals surface area contributed by atoms with Gasteiger partial charge in [0, 0.05) is 29.5 Å². The molecule has 2 heterocycles. The Labute approximate surface area is 181 Å². The highest BCUT2D eigenvalue weighted by molar-refractivity contribution is 7.99. The number of esters is 1. The Morgan fingerprint density at radius 2 is 1.93 bits per heavy atom. The molecule has 0 saturated heterocycles. The van der Waals surface area contributed by atoms with Crippen LogP contribution in [0.2, 0.25) is 0 Å². The molecule has 0 unspecified atom stereocenters. The van der Waals surface area contributed by atoms with E-state index in [9.17, 15) is 9.59 Å². The van der Waals surface area contributed by atoms with Gasteiger partial charge >= 0.3 is 5.97 Å². The molecule has 0 fully saturated rings. The Kier molecular flexibility index (Phi) is 4.92. The van der Waals surface area contributed by atoms with Crippen molar-refractivity contribution in [3.63, 3.8) is 0 Å². The first-order valence-electron chi connectivity index (χ1n) is 9.62. The van der Waals surface area contributed by atoms with Crippen LogP contribution in [0.4, 0.5) is 0 Å². The number of carbonyl (C=O) groups is 1. The highest BCUT2D eigenvalue weighted by Gasteiger charge is 2.27. The van der Waals surface area contributed by atoms with Gasteiger partial charge in [-0.3, -0.25) is 14.2 Å². The lowest BCUT2D eigenvalue weighted by Gasteiger charge is -2.12. The minimum Gasteiger partial charge on any atom is -0.465 e. The number of hydrogen-bond donors (Lipinski definition) is 0. The molecule has 150 valence electrons. The van der Waals surface area contributed by atoms with Gasteiger partial charge in [-0.05, 0) is 23.3 Å². The molecule has 0 amide bonds. The maximum atomic E-state index is 13.8. The summed E-state index contributed by atoms with van der Waals surface area (Å²) in [7, 11) is 0. The minimum absolute atomic E-state index is 0.0598. The number of benzene rings is 2. The van der Waals surface area contributed by atoms with Crippen LogP contribution < -0.4 is 5.56 Å². The largest absolute Gasteiger partial charge is 0.465 e. The van der Waals surface area contributed by atoms with Crippen LogP contribution in [-0.2, 0) is 16.0 Å². The number of ether oxygens (including phenoxy) is 1. The van der Waals surface area contributed by atoms with Crippen molar-refractivity contribution >= 4 is 39.3 Å². The maximum Gasteiger partial charge on any atom is 0.302 e. The lowest BCUT2D eigenvalue weighted by molar-refractivity contribution is -0.140. The van der Waals surface area contributed by atoms with E-state index < -0.39 is 0 Å². The molecule has 1 aliphatic carbocycles. The third kappa shape index (κ3) is 3.24. The van der Waals surface area contributed by atoms with Crippen LogP contribution in [0.5, 0.6) is 0 Å². The van der Waals surface area contributed by atoms with Crippen LogP contribution in [0.1, 0.15) is 17.4 Å². The first-order chi connectivity index (χ1) is 14.6. The fraction of sp³-hybridized carbons (Fsp3) is 0.174. The molecule has 0 aliphatic heterocycles. The molecule has 5 nitrogen and oxygen atoms in total. The zero-order chi connectivity index (χ0) is 20.7. The Balaban J connectivity index is 1.68. The van der Waals surface area contributed by atoms with Crippen LogP contribution in [0.3, 0.4) is 0 Å². The lowest BCUT2D eigenvalue weighted by Crippen LogP contribution is -2.21. The second-order valence-electron chi connectivity index (χ2n) is 6.97. The van der Waals surface area contributed by atoms with E-state index in [0.717, 1.165) is 28.1 Å². The van der Waals surface area contributed by atoms with Crippen LogP contribution in [0.15, 0.2) is 64.5 Å². The monoisotopic (exact) mass is 434 g/mol. The van der Waals surface area contributed by atoms with Gasteiger partial charge in [-0.1, -0.05) is 54.2 Å². The number of aromatic nitrogens is 2. The van der Waals surface area contributed by atoms with E-state index in [4.69, 9.17) is 9.72 Å². The standard InChI is InChI=1S/C23H18N2O3S2/c1-14(26)28-11-12-29-23-24-21-20(22(27)25(23)16-8-3-2-4-9-16)19-17-10-6-5-7-15(17)13-18(19)30-21/h2-10H,11-13H2,1H3. The first kappa shape index (κ1) is 19.1. The molecule has 30 heavy (non-hydrogen) atoms. The van der Waals surface area contributed by atoms with Gasteiger partial charge in [0.1, 0.15) is 11.4 Å². The summed E-state index contributed by atoms with van der Waals surface area (Å²) in [5, 5.41) is 1.30. The van der Waals surface area contributed by atoms with Gasteiger partial charge in [-0.25, -0.2) is 4.98 Å². The van der Waals surface area contributed by atoms with Gasteiger partial charge in [0.05, 0.1) is 11.1 Å². The zero-order valence-electron chi connectivity index (χ0n) is 16.3. The van der Waals surface area contributed by atoms with Crippen molar-refractivity contribution in [3.8, 4) is 16.8 Å². The fourth-order valence-electron chi connectivity index (χ4n) is 3.80. The van der Waals surface area contributed by atoms with E-state index in [0.29, 0.717) is 16.3 Å². The predicted octanol–water partition coefficient (Wildman–Crippen LogP) is 4.67. The fourth-order valence-corrected chi connectivity index (χ4v) is 5.88. The molecule has 0 atom stereocenters. The molecule has 0 saturated carbocycles. The molecular formula is C23H18N2O3S2. The summed E-state index contributed by atoms with van der Waals surface area (Å²) in [6.07, 6.45) is 0.840. The molecule has 1 aliphatic rings. The number of thiophene rings is 1. The third-order valence-electron chi connectivity index (χ3n) is 5.04. The number of fused-ring (bicyclic) bond motifs is 5. The van der Waals surface area contributed by atoms with E-state index in [2.05, 4.69) is 12.1 Å². The number of para-hydroxylation sites is 1. The molecule has 2 aromatic carbocycles. The molecule has 0 spiro atoms. The van der Waals surface area contributed by atoms with Crippen LogP contribution in [0, 0.1) is 0 Å². The Morgan fingerprint density at radius 3 is 2.73 bits per heavy atom. The Morgan fingerprint density at radius 1 is 1.17 bits per heavy atom. The number of rotatable bonds is 5. The minimum atomic E-state index is -0.312. The topological polar surface area (TPSA) is 61.2 Å². The van der Waals surface area contributed by atoms with E-state index in [1.54, 1.807) is 15.9 Å². The summed E-state index contributed by atoms with van der Waals surface area (Å²) in [6, 6.07) is 17.8. The normalized spacial score (nSPS) is 12.0. The van der Waals surface area contributed by atoms with Crippen molar-refractivity contribution in [2.75, 3.05) is 12.4 Å². The van der Waals surface area contributed by atoms with Crippen LogP contribution in [0.25, 0.3) is 27.0 Å². The van der Waals surface area contributed by atoms with Crippen molar-refractivity contribution in [1.82, 2.24) is 9.55 Å². The quantitative estimate of drug-likeness (QED) is 0.174. The lowest BCUT2D eigenvalue weighted by atomic mass is 10.1. The number of carbonyl (C=O) groups excluding carboxylic acids is 1. The second kappa shape index (κ2) is 7.74. The molecule has 7 heteroatoms.